The topological polar surface area (TPSA) is 71.5 Å². The molecule has 128 valence electrons. The first-order valence-electron chi connectivity index (χ1n) is 8.57. The molecule has 5 heteroatoms. The summed E-state index contributed by atoms with van der Waals surface area (Å²) in [6, 6.07) is 13.6. The zero-order valence-electron chi connectivity index (χ0n) is 14.3. The van der Waals surface area contributed by atoms with Crippen LogP contribution in [0.1, 0.15) is 15.9 Å². The summed E-state index contributed by atoms with van der Waals surface area (Å²) < 4.78 is 0. The number of ketones is 1. The summed E-state index contributed by atoms with van der Waals surface area (Å²) in [5.41, 5.74) is 6.24. The lowest BCUT2D eigenvalue weighted by Crippen LogP contribution is -1.92. The van der Waals surface area contributed by atoms with Crippen molar-refractivity contribution in [3.05, 3.63) is 84.5 Å². The second-order valence-corrected chi connectivity index (χ2v) is 6.29. The molecule has 1 N–H and O–H groups in total. The van der Waals surface area contributed by atoms with E-state index in [-0.39, 0.29) is 5.78 Å². The van der Waals surface area contributed by atoms with Crippen LogP contribution < -0.4 is 0 Å². The van der Waals surface area contributed by atoms with Crippen LogP contribution in [0.25, 0.3) is 40.0 Å². The maximum absolute atomic E-state index is 11.9. The van der Waals surface area contributed by atoms with Crippen LogP contribution >= 0.6 is 0 Å². The molecule has 3 aromatic heterocycles. The van der Waals surface area contributed by atoms with Crippen LogP contribution in [-0.4, -0.2) is 25.7 Å². The number of carbonyl (C=O) groups excluding carboxylic acids is 1. The maximum atomic E-state index is 11.9. The van der Waals surface area contributed by atoms with Gasteiger partial charge >= 0.3 is 0 Å². The van der Waals surface area contributed by atoms with Gasteiger partial charge in [0.05, 0.1) is 11.4 Å². The maximum Gasteiger partial charge on any atom is 0.186 e. The first-order valence-corrected chi connectivity index (χ1v) is 8.57. The van der Waals surface area contributed by atoms with Crippen LogP contribution in [0.3, 0.4) is 0 Å². The molecule has 27 heavy (non-hydrogen) atoms. The minimum Gasteiger partial charge on any atom is -0.337 e. The lowest BCUT2D eigenvalue weighted by molar-refractivity contribution is 0.105. The molecule has 0 radical (unpaired) electrons. The number of aromatic amines is 1. The molecular formula is C22H14N4O. The fraction of sp³-hybridized carbons (Fsp3) is 0. The first kappa shape index (κ1) is 15.4. The quantitative estimate of drug-likeness (QED) is 0.594. The Hall–Kier alpha value is -3.86. The van der Waals surface area contributed by atoms with Gasteiger partial charge in [-0.05, 0) is 48.0 Å². The third kappa shape index (κ3) is 2.66. The summed E-state index contributed by atoms with van der Waals surface area (Å²) >= 11 is 0. The minimum atomic E-state index is 0.0454. The average molecular weight is 350 g/mol. The van der Waals surface area contributed by atoms with Gasteiger partial charge < -0.3 is 4.98 Å². The Balaban J connectivity index is 1.70. The normalized spacial score (nSPS) is 12.4. The molecule has 0 bridgehead atoms. The number of H-pyrrole nitrogens is 1. The predicted octanol–water partition coefficient (Wildman–Crippen LogP) is 4.41. The monoisotopic (exact) mass is 350 g/mol. The number of carbonyl (C=O) groups is 1. The number of hydrogen-bond acceptors (Lipinski definition) is 4. The van der Waals surface area contributed by atoms with Crippen LogP contribution in [0.5, 0.6) is 0 Å². The number of hydrogen-bond donors (Lipinski definition) is 1. The van der Waals surface area contributed by atoms with Gasteiger partial charge in [-0.3, -0.25) is 14.8 Å². The van der Waals surface area contributed by atoms with E-state index in [0.29, 0.717) is 0 Å². The zero-order valence-corrected chi connectivity index (χ0v) is 14.3. The van der Waals surface area contributed by atoms with Crippen molar-refractivity contribution >= 4 is 11.9 Å². The summed E-state index contributed by atoms with van der Waals surface area (Å²) in [5, 5.41) is 0. The number of imidazole rings is 1. The van der Waals surface area contributed by atoms with Crippen molar-refractivity contribution in [2.24, 2.45) is 0 Å². The Morgan fingerprint density at radius 1 is 0.815 bits per heavy atom. The number of allylic oxidation sites excluding steroid dienone is 1. The Morgan fingerprint density at radius 3 is 2.52 bits per heavy atom. The van der Waals surface area contributed by atoms with Crippen LogP contribution in [0.15, 0.2) is 73.3 Å². The molecule has 4 aromatic rings. The molecule has 0 spiro atoms. The van der Waals surface area contributed by atoms with E-state index in [4.69, 9.17) is 4.98 Å². The van der Waals surface area contributed by atoms with Crippen molar-refractivity contribution < 1.29 is 4.79 Å². The van der Waals surface area contributed by atoms with Gasteiger partial charge in [0, 0.05) is 47.0 Å². The number of nitrogens with zero attached hydrogens (tertiary/aromatic N) is 3. The highest BCUT2D eigenvalue weighted by atomic mass is 16.1. The highest BCUT2D eigenvalue weighted by Gasteiger charge is 2.19. The summed E-state index contributed by atoms with van der Waals surface area (Å²) in [6.07, 6.45) is 10.5. The van der Waals surface area contributed by atoms with Crippen molar-refractivity contribution in [1.82, 2.24) is 19.9 Å². The van der Waals surface area contributed by atoms with Crippen LogP contribution in [0, 0.1) is 0 Å². The van der Waals surface area contributed by atoms with Gasteiger partial charge in [0.2, 0.25) is 0 Å². The number of rotatable bonds is 3. The summed E-state index contributed by atoms with van der Waals surface area (Å²) in [5.74, 6) is 0.793. The number of fused-ring (bicyclic) bond motifs is 1. The number of benzene rings is 1. The van der Waals surface area contributed by atoms with Crippen LogP contribution in [0.4, 0.5) is 0 Å². The van der Waals surface area contributed by atoms with Gasteiger partial charge in [0.25, 0.3) is 0 Å². The molecular weight excluding hydrogens is 336 g/mol. The molecule has 1 aromatic carbocycles. The summed E-state index contributed by atoms with van der Waals surface area (Å²) in [6.45, 7) is 0. The Bertz CT molecular complexity index is 1180. The van der Waals surface area contributed by atoms with E-state index in [1.54, 1.807) is 30.9 Å². The smallest absolute Gasteiger partial charge is 0.186 e. The highest BCUT2D eigenvalue weighted by molar-refractivity contribution is 6.14. The van der Waals surface area contributed by atoms with Gasteiger partial charge in [-0.15, -0.1) is 0 Å². The van der Waals surface area contributed by atoms with E-state index >= 15 is 0 Å². The zero-order chi connectivity index (χ0) is 18.2. The third-order valence-electron chi connectivity index (χ3n) is 4.61. The Kier molecular flexibility index (Phi) is 3.50. The minimum absolute atomic E-state index is 0.0454. The second kappa shape index (κ2) is 6.14. The van der Waals surface area contributed by atoms with Gasteiger partial charge in [-0.1, -0.05) is 12.1 Å². The molecule has 0 aliphatic heterocycles. The van der Waals surface area contributed by atoms with Crippen molar-refractivity contribution in [3.8, 4) is 33.9 Å². The molecule has 5 rings (SSSR count). The van der Waals surface area contributed by atoms with Crippen molar-refractivity contribution in [2.45, 2.75) is 0 Å². The average Bonchev–Trinajstić information content (AvgIpc) is 3.33. The standard InChI is InChI=1S/C22H14N4O/c27-19-6-4-15-12-16(3-5-18(15)19)21-20(14-7-10-23-11-8-14)25-22(26-21)17-2-1-9-24-13-17/h1-13H,(H,25,26). The summed E-state index contributed by atoms with van der Waals surface area (Å²) in [7, 11) is 0. The van der Waals surface area contributed by atoms with E-state index in [1.807, 2.05) is 48.5 Å². The number of pyridine rings is 2. The molecule has 5 nitrogen and oxygen atoms in total. The van der Waals surface area contributed by atoms with E-state index in [2.05, 4.69) is 15.0 Å². The molecule has 1 aliphatic carbocycles. The SMILES string of the molecule is O=C1C=Cc2cc(-c3nc(-c4cccnc4)[nH]c3-c3ccncc3)ccc21. The van der Waals surface area contributed by atoms with Crippen molar-refractivity contribution in [3.63, 3.8) is 0 Å². The molecule has 0 saturated carbocycles. The van der Waals surface area contributed by atoms with E-state index in [0.717, 1.165) is 45.0 Å². The van der Waals surface area contributed by atoms with Crippen LogP contribution in [0.2, 0.25) is 0 Å². The van der Waals surface area contributed by atoms with Gasteiger partial charge in [0.15, 0.2) is 5.78 Å². The molecule has 0 unspecified atom stereocenters. The molecule has 0 amide bonds. The molecule has 0 atom stereocenters. The van der Waals surface area contributed by atoms with Crippen molar-refractivity contribution in [1.29, 1.82) is 0 Å². The van der Waals surface area contributed by atoms with Gasteiger partial charge in [-0.25, -0.2) is 4.98 Å². The lowest BCUT2D eigenvalue weighted by Gasteiger charge is -2.05. The fourth-order valence-electron chi connectivity index (χ4n) is 3.28. The fourth-order valence-corrected chi connectivity index (χ4v) is 3.28. The molecule has 1 aliphatic rings. The largest absolute Gasteiger partial charge is 0.337 e. The lowest BCUT2D eigenvalue weighted by atomic mass is 10.0. The number of nitrogens with one attached hydrogen (secondary N) is 1. The third-order valence-corrected chi connectivity index (χ3v) is 4.61. The Morgan fingerprint density at radius 2 is 1.70 bits per heavy atom. The van der Waals surface area contributed by atoms with Gasteiger partial charge in [-0.2, -0.15) is 0 Å². The van der Waals surface area contributed by atoms with Crippen LogP contribution in [-0.2, 0) is 0 Å². The molecule has 0 fully saturated rings. The number of aromatic nitrogens is 4. The van der Waals surface area contributed by atoms with E-state index in [9.17, 15) is 4.79 Å². The summed E-state index contributed by atoms with van der Waals surface area (Å²) in [4.78, 5) is 28.4. The van der Waals surface area contributed by atoms with Gasteiger partial charge in [0.1, 0.15) is 5.82 Å². The predicted molar refractivity (Wildman–Crippen MR) is 104 cm³/mol. The highest BCUT2D eigenvalue weighted by Crippen LogP contribution is 2.34. The second-order valence-electron chi connectivity index (χ2n) is 6.29. The van der Waals surface area contributed by atoms with Crippen molar-refractivity contribution in [2.75, 3.05) is 0 Å². The molecule has 0 saturated heterocycles. The Labute approximate surface area is 155 Å². The molecule has 3 heterocycles. The van der Waals surface area contributed by atoms with E-state index in [1.165, 1.54) is 0 Å². The van der Waals surface area contributed by atoms with E-state index < -0.39 is 0 Å². The first-order chi connectivity index (χ1) is 13.3.